The monoisotopic (exact) mass is 334 g/mol. The van der Waals surface area contributed by atoms with Gasteiger partial charge in [0.25, 0.3) is 0 Å². The molecule has 2 heterocycles. The van der Waals surface area contributed by atoms with Crippen molar-refractivity contribution in [1.82, 2.24) is 9.88 Å². The predicted molar refractivity (Wildman–Crippen MR) is 87.2 cm³/mol. The molecule has 1 amide bonds. The Bertz CT molecular complexity index is 648. The van der Waals surface area contributed by atoms with E-state index in [0.717, 1.165) is 30.9 Å². The first-order chi connectivity index (χ1) is 11.2. The van der Waals surface area contributed by atoms with Crippen molar-refractivity contribution in [2.75, 3.05) is 19.7 Å². The fourth-order valence-corrected chi connectivity index (χ4v) is 3.58. The van der Waals surface area contributed by atoms with Crippen LogP contribution < -0.4 is 4.74 Å². The van der Waals surface area contributed by atoms with Gasteiger partial charge in [0, 0.05) is 36.7 Å². The Hall–Kier alpha value is -1.95. The number of hydrogen-bond donors (Lipinski definition) is 0. The van der Waals surface area contributed by atoms with E-state index in [-0.39, 0.29) is 18.3 Å². The van der Waals surface area contributed by atoms with Gasteiger partial charge in [0.1, 0.15) is 11.6 Å². The van der Waals surface area contributed by atoms with Crippen LogP contribution in [0.3, 0.4) is 0 Å². The highest BCUT2D eigenvalue weighted by Gasteiger charge is 2.25. The maximum absolute atomic E-state index is 13.1. The highest BCUT2D eigenvalue weighted by Crippen LogP contribution is 2.28. The lowest BCUT2D eigenvalue weighted by atomic mass is 9.98. The summed E-state index contributed by atoms with van der Waals surface area (Å²) in [5, 5.41) is 3.08. The molecule has 0 saturated carbocycles. The summed E-state index contributed by atoms with van der Waals surface area (Å²) in [5.74, 6) is 0.549. The minimum atomic E-state index is -0.337. The number of hydrogen-bond acceptors (Lipinski definition) is 4. The third-order valence-electron chi connectivity index (χ3n) is 3.96. The van der Waals surface area contributed by atoms with E-state index in [1.165, 1.54) is 12.1 Å². The summed E-state index contributed by atoms with van der Waals surface area (Å²) in [6.45, 7) is 1.79. The molecule has 1 unspecified atom stereocenters. The van der Waals surface area contributed by atoms with E-state index < -0.39 is 0 Å². The summed E-state index contributed by atoms with van der Waals surface area (Å²) in [6, 6.07) is 5.97. The van der Waals surface area contributed by atoms with Crippen LogP contribution in [-0.4, -0.2) is 35.5 Å². The zero-order valence-electron chi connectivity index (χ0n) is 12.8. The normalized spacial score (nSPS) is 18.0. The third kappa shape index (κ3) is 4.28. The van der Waals surface area contributed by atoms with Crippen LogP contribution in [0, 0.1) is 5.82 Å². The van der Waals surface area contributed by atoms with Crippen molar-refractivity contribution in [1.29, 1.82) is 0 Å². The van der Waals surface area contributed by atoms with Crippen LogP contribution in [0.4, 0.5) is 4.39 Å². The van der Waals surface area contributed by atoms with Gasteiger partial charge in [-0.3, -0.25) is 4.79 Å². The van der Waals surface area contributed by atoms with Crippen LogP contribution in [0.25, 0.3) is 0 Å². The van der Waals surface area contributed by atoms with Gasteiger partial charge in [-0.25, -0.2) is 9.37 Å². The van der Waals surface area contributed by atoms with Crippen molar-refractivity contribution < 1.29 is 13.9 Å². The lowest BCUT2D eigenvalue weighted by Crippen LogP contribution is -2.39. The van der Waals surface area contributed by atoms with E-state index in [9.17, 15) is 9.18 Å². The fraction of sp³-hybridized carbons (Fsp3) is 0.412. The topological polar surface area (TPSA) is 42.4 Å². The second-order valence-corrected chi connectivity index (χ2v) is 6.53. The van der Waals surface area contributed by atoms with E-state index in [1.54, 1.807) is 23.5 Å². The van der Waals surface area contributed by atoms with Gasteiger partial charge in [-0.15, -0.1) is 11.3 Å². The van der Waals surface area contributed by atoms with Gasteiger partial charge in [0.05, 0.1) is 18.0 Å². The van der Waals surface area contributed by atoms with Crippen LogP contribution in [-0.2, 0) is 4.79 Å². The van der Waals surface area contributed by atoms with Crippen LogP contribution in [0.5, 0.6) is 5.75 Å². The lowest BCUT2D eigenvalue weighted by Gasteiger charge is -2.31. The Morgan fingerprint density at radius 1 is 1.48 bits per heavy atom. The Morgan fingerprint density at radius 3 is 3.17 bits per heavy atom. The number of ether oxygens (including phenoxy) is 1. The first-order valence-electron chi connectivity index (χ1n) is 7.78. The van der Waals surface area contributed by atoms with Crippen molar-refractivity contribution in [3.8, 4) is 5.75 Å². The molecule has 0 aliphatic carbocycles. The minimum Gasteiger partial charge on any atom is -0.493 e. The van der Waals surface area contributed by atoms with E-state index in [2.05, 4.69) is 4.98 Å². The SMILES string of the molecule is O=C(CCOc1cccc(F)c1)N1CCCC(c2nccs2)C1. The van der Waals surface area contributed by atoms with Crippen molar-refractivity contribution in [2.24, 2.45) is 0 Å². The number of nitrogens with zero attached hydrogens (tertiary/aromatic N) is 2. The average Bonchev–Trinajstić information content (AvgIpc) is 3.09. The zero-order valence-corrected chi connectivity index (χ0v) is 13.6. The van der Waals surface area contributed by atoms with E-state index in [0.29, 0.717) is 18.1 Å². The second kappa shape index (κ2) is 7.55. The Morgan fingerprint density at radius 2 is 2.39 bits per heavy atom. The third-order valence-corrected chi connectivity index (χ3v) is 4.89. The molecule has 0 bridgehead atoms. The van der Waals surface area contributed by atoms with Crippen LogP contribution in [0.15, 0.2) is 35.8 Å². The summed E-state index contributed by atoms with van der Waals surface area (Å²) in [6.07, 6.45) is 4.20. The average molecular weight is 334 g/mol. The number of likely N-dealkylation sites (tertiary alicyclic amines) is 1. The summed E-state index contributed by atoms with van der Waals surface area (Å²) >= 11 is 1.65. The first kappa shape index (κ1) is 15.9. The van der Waals surface area contributed by atoms with Crippen LogP contribution in [0.1, 0.15) is 30.2 Å². The number of aromatic nitrogens is 1. The summed E-state index contributed by atoms with van der Waals surface area (Å²) in [5.41, 5.74) is 0. The number of piperidine rings is 1. The van der Waals surface area contributed by atoms with Gasteiger partial charge in [0.2, 0.25) is 5.91 Å². The van der Waals surface area contributed by atoms with Gasteiger partial charge >= 0.3 is 0 Å². The Labute approximate surface area is 138 Å². The molecule has 23 heavy (non-hydrogen) atoms. The molecular weight excluding hydrogens is 315 g/mol. The van der Waals surface area contributed by atoms with Crippen LogP contribution in [0.2, 0.25) is 0 Å². The number of amides is 1. The highest BCUT2D eigenvalue weighted by molar-refractivity contribution is 7.09. The molecule has 0 radical (unpaired) electrons. The van der Waals surface area contributed by atoms with Gasteiger partial charge in [-0.1, -0.05) is 6.07 Å². The summed E-state index contributed by atoms with van der Waals surface area (Å²) in [4.78, 5) is 18.6. The molecule has 0 N–H and O–H groups in total. The quantitative estimate of drug-likeness (QED) is 0.841. The summed E-state index contributed by atoms with van der Waals surface area (Å²) < 4.78 is 18.5. The number of benzene rings is 1. The fourth-order valence-electron chi connectivity index (χ4n) is 2.81. The second-order valence-electron chi connectivity index (χ2n) is 5.61. The first-order valence-corrected chi connectivity index (χ1v) is 8.66. The maximum Gasteiger partial charge on any atom is 0.226 e. The van der Waals surface area contributed by atoms with Crippen molar-refractivity contribution in [3.05, 3.63) is 46.7 Å². The number of carbonyl (C=O) groups is 1. The predicted octanol–water partition coefficient (Wildman–Crippen LogP) is 3.46. The molecule has 6 heteroatoms. The van der Waals surface area contributed by atoms with Gasteiger partial charge < -0.3 is 9.64 Å². The molecule has 1 fully saturated rings. The van der Waals surface area contributed by atoms with E-state index >= 15 is 0 Å². The molecule has 1 aliphatic heterocycles. The van der Waals surface area contributed by atoms with E-state index in [4.69, 9.17) is 4.74 Å². The molecule has 0 spiro atoms. The molecule has 4 nitrogen and oxygen atoms in total. The molecular formula is C17H19FN2O2S. The molecule has 1 saturated heterocycles. The maximum atomic E-state index is 13.1. The smallest absolute Gasteiger partial charge is 0.226 e. The lowest BCUT2D eigenvalue weighted by molar-refractivity contribution is -0.132. The molecule has 122 valence electrons. The molecule has 2 aromatic rings. The Kier molecular flexibility index (Phi) is 5.23. The van der Waals surface area contributed by atoms with Crippen molar-refractivity contribution in [2.45, 2.75) is 25.2 Å². The van der Waals surface area contributed by atoms with Gasteiger partial charge in [0.15, 0.2) is 0 Å². The molecule has 1 atom stereocenters. The van der Waals surface area contributed by atoms with Crippen molar-refractivity contribution in [3.63, 3.8) is 0 Å². The zero-order chi connectivity index (χ0) is 16.1. The molecule has 1 aromatic heterocycles. The largest absolute Gasteiger partial charge is 0.493 e. The Balaban J connectivity index is 1.48. The molecule has 1 aromatic carbocycles. The summed E-state index contributed by atoms with van der Waals surface area (Å²) in [7, 11) is 0. The molecule has 3 rings (SSSR count). The number of halogens is 1. The standard InChI is InChI=1S/C17H19FN2O2S/c18-14-4-1-5-15(11-14)22-9-6-16(21)20-8-2-3-13(12-20)17-19-7-10-23-17/h1,4-5,7,10-11,13H,2-3,6,8-9,12H2. The van der Waals surface area contributed by atoms with Gasteiger partial charge in [-0.2, -0.15) is 0 Å². The highest BCUT2D eigenvalue weighted by atomic mass is 32.1. The van der Waals surface area contributed by atoms with Gasteiger partial charge in [-0.05, 0) is 25.0 Å². The number of rotatable bonds is 5. The van der Waals surface area contributed by atoms with Crippen LogP contribution >= 0.6 is 11.3 Å². The number of carbonyl (C=O) groups excluding carboxylic acids is 1. The number of thiazole rings is 1. The van der Waals surface area contributed by atoms with E-state index in [1.807, 2.05) is 16.5 Å². The van der Waals surface area contributed by atoms with Crippen molar-refractivity contribution >= 4 is 17.2 Å². The molecule has 1 aliphatic rings. The minimum absolute atomic E-state index is 0.0858.